The fourth-order valence-corrected chi connectivity index (χ4v) is 4.39. The maximum absolute atomic E-state index is 12.6. The Morgan fingerprint density at radius 1 is 1.28 bits per heavy atom. The van der Waals surface area contributed by atoms with Crippen molar-refractivity contribution in [1.82, 2.24) is 14.8 Å². The van der Waals surface area contributed by atoms with Gasteiger partial charge in [-0.05, 0) is 25.7 Å². The molecule has 1 amide bonds. The third-order valence-corrected chi connectivity index (χ3v) is 6.08. The first-order valence-corrected chi connectivity index (χ1v) is 9.73. The lowest BCUT2D eigenvalue weighted by Gasteiger charge is -2.37. The van der Waals surface area contributed by atoms with Crippen LogP contribution in [0.25, 0.3) is 0 Å². The van der Waals surface area contributed by atoms with Crippen LogP contribution in [0.5, 0.6) is 0 Å². The summed E-state index contributed by atoms with van der Waals surface area (Å²) in [6.45, 7) is 6.63. The third kappa shape index (κ3) is 6.07. The molecule has 2 unspecified atom stereocenters. The van der Waals surface area contributed by atoms with Crippen molar-refractivity contribution in [2.75, 3.05) is 26.2 Å². The number of hydrogen-bond donors (Lipinski definition) is 1. The van der Waals surface area contributed by atoms with Crippen molar-refractivity contribution in [2.24, 2.45) is 11.7 Å². The zero-order valence-corrected chi connectivity index (χ0v) is 17.3. The van der Waals surface area contributed by atoms with Gasteiger partial charge in [0.1, 0.15) is 0 Å². The van der Waals surface area contributed by atoms with E-state index >= 15 is 0 Å². The van der Waals surface area contributed by atoms with E-state index in [1.165, 1.54) is 10.7 Å². The Bertz CT molecular complexity index is 534. The summed E-state index contributed by atoms with van der Waals surface area (Å²) in [4.78, 5) is 21.7. The van der Waals surface area contributed by atoms with Crippen LogP contribution in [0.2, 0.25) is 0 Å². The molecule has 2 N–H and O–H groups in total. The summed E-state index contributed by atoms with van der Waals surface area (Å²) < 4.78 is 0. The Morgan fingerprint density at radius 3 is 2.60 bits per heavy atom. The SMILES string of the molecule is CCc1nc(CN2CCN(C(=O)C3CCCC(N)C3)CC2)cs1.Cl.Cl. The molecule has 0 aromatic carbocycles. The number of nitrogens with zero attached hydrogens (tertiary/aromatic N) is 3. The Hall–Kier alpha value is -0.400. The van der Waals surface area contributed by atoms with Gasteiger partial charge in [-0.25, -0.2) is 4.98 Å². The van der Waals surface area contributed by atoms with E-state index in [-0.39, 0.29) is 36.8 Å². The van der Waals surface area contributed by atoms with Gasteiger partial charge in [-0.3, -0.25) is 9.69 Å². The minimum atomic E-state index is 0. The second-order valence-corrected chi connectivity index (χ2v) is 7.75. The molecule has 25 heavy (non-hydrogen) atoms. The lowest BCUT2D eigenvalue weighted by Crippen LogP contribution is -2.51. The molecule has 1 saturated carbocycles. The van der Waals surface area contributed by atoms with Crippen molar-refractivity contribution in [3.63, 3.8) is 0 Å². The lowest BCUT2D eigenvalue weighted by atomic mass is 9.85. The van der Waals surface area contributed by atoms with Crippen molar-refractivity contribution >= 4 is 42.1 Å². The number of carbonyl (C=O) groups excluding carboxylic acids is 1. The van der Waals surface area contributed by atoms with Gasteiger partial charge in [-0.2, -0.15) is 0 Å². The van der Waals surface area contributed by atoms with Crippen molar-refractivity contribution < 1.29 is 4.79 Å². The number of nitrogens with two attached hydrogens (primary N) is 1. The van der Waals surface area contributed by atoms with E-state index < -0.39 is 0 Å². The van der Waals surface area contributed by atoms with Gasteiger partial charge in [0.2, 0.25) is 5.91 Å². The van der Waals surface area contributed by atoms with Gasteiger partial charge in [0, 0.05) is 50.1 Å². The average molecular weight is 409 g/mol. The Labute approximate surface area is 167 Å². The smallest absolute Gasteiger partial charge is 0.225 e. The minimum Gasteiger partial charge on any atom is -0.340 e. The molecule has 3 rings (SSSR count). The predicted molar refractivity (Wildman–Crippen MR) is 108 cm³/mol. The monoisotopic (exact) mass is 408 g/mol. The summed E-state index contributed by atoms with van der Waals surface area (Å²) in [5, 5.41) is 3.38. The van der Waals surface area contributed by atoms with Gasteiger partial charge in [0.05, 0.1) is 10.7 Å². The molecule has 144 valence electrons. The molecular formula is C17H30Cl2N4OS. The molecule has 2 atom stereocenters. The standard InChI is InChI=1S/C17H28N4OS.2ClH/c1-2-16-19-15(12-23-16)11-20-6-8-21(9-7-20)17(22)13-4-3-5-14(18)10-13;;/h12-14H,2-11,18H2,1H3;2*1H. The number of halogens is 2. The van der Waals surface area contributed by atoms with Gasteiger partial charge < -0.3 is 10.6 Å². The molecule has 1 aliphatic carbocycles. The summed E-state index contributed by atoms with van der Waals surface area (Å²) in [5.74, 6) is 0.498. The maximum atomic E-state index is 12.6. The second kappa shape index (κ2) is 10.7. The third-order valence-electron chi connectivity index (χ3n) is 5.04. The highest BCUT2D eigenvalue weighted by Gasteiger charge is 2.30. The molecule has 0 bridgehead atoms. The van der Waals surface area contributed by atoms with Crippen LogP contribution < -0.4 is 5.73 Å². The van der Waals surface area contributed by atoms with E-state index in [1.54, 1.807) is 11.3 Å². The first-order chi connectivity index (χ1) is 11.2. The predicted octanol–water partition coefficient (Wildman–Crippen LogP) is 2.71. The van der Waals surface area contributed by atoms with E-state index in [4.69, 9.17) is 5.73 Å². The Kier molecular flexibility index (Phi) is 9.67. The number of aromatic nitrogens is 1. The molecule has 2 aliphatic rings. The van der Waals surface area contributed by atoms with Crippen LogP contribution in [0.15, 0.2) is 5.38 Å². The topological polar surface area (TPSA) is 62.5 Å². The minimum absolute atomic E-state index is 0. The van der Waals surface area contributed by atoms with E-state index in [2.05, 4.69) is 27.1 Å². The van der Waals surface area contributed by atoms with E-state index in [0.29, 0.717) is 5.91 Å². The number of thiazole rings is 1. The zero-order valence-electron chi connectivity index (χ0n) is 14.9. The highest BCUT2D eigenvalue weighted by molar-refractivity contribution is 7.09. The summed E-state index contributed by atoms with van der Waals surface area (Å²) >= 11 is 1.75. The molecule has 2 heterocycles. The molecule has 0 radical (unpaired) electrons. The number of piperazine rings is 1. The summed E-state index contributed by atoms with van der Waals surface area (Å²) in [6.07, 6.45) is 5.07. The number of hydrogen-bond acceptors (Lipinski definition) is 5. The molecule has 0 spiro atoms. The normalized spacial score (nSPS) is 24.3. The number of amides is 1. The van der Waals surface area contributed by atoms with Crippen molar-refractivity contribution in [1.29, 1.82) is 0 Å². The molecule has 1 aliphatic heterocycles. The van der Waals surface area contributed by atoms with Crippen molar-refractivity contribution in [3.8, 4) is 0 Å². The molecule has 5 nitrogen and oxygen atoms in total. The van der Waals surface area contributed by atoms with Crippen LogP contribution in [-0.2, 0) is 17.8 Å². The molecule has 8 heteroatoms. The summed E-state index contributed by atoms with van der Waals surface area (Å²) in [5.41, 5.74) is 7.20. The number of carbonyl (C=O) groups is 1. The highest BCUT2D eigenvalue weighted by Crippen LogP contribution is 2.25. The van der Waals surface area contributed by atoms with E-state index in [1.807, 2.05) is 0 Å². The fraction of sp³-hybridized carbons (Fsp3) is 0.765. The number of rotatable bonds is 4. The van der Waals surface area contributed by atoms with Crippen LogP contribution >= 0.6 is 36.2 Å². The summed E-state index contributed by atoms with van der Waals surface area (Å²) in [6, 6.07) is 0.219. The van der Waals surface area contributed by atoms with Crippen molar-refractivity contribution in [3.05, 3.63) is 16.1 Å². The molecule has 1 aromatic heterocycles. The van der Waals surface area contributed by atoms with Gasteiger partial charge in [-0.1, -0.05) is 13.3 Å². The van der Waals surface area contributed by atoms with Crippen LogP contribution in [-0.4, -0.2) is 52.9 Å². The van der Waals surface area contributed by atoms with E-state index in [9.17, 15) is 4.79 Å². The largest absolute Gasteiger partial charge is 0.340 e. The maximum Gasteiger partial charge on any atom is 0.225 e. The van der Waals surface area contributed by atoms with Crippen LogP contribution in [0, 0.1) is 5.92 Å². The molecular weight excluding hydrogens is 379 g/mol. The van der Waals surface area contributed by atoms with Crippen molar-refractivity contribution in [2.45, 2.75) is 51.6 Å². The quantitative estimate of drug-likeness (QED) is 0.831. The highest BCUT2D eigenvalue weighted by atomic mass is 35.5. The molecule has 1 saturated heterocycles. The van der Waals surface area contributed by atoms with Crippen LogP contribution in [0.1, 0.15) is 43.3 Å². The first-order valence-electron chi connectivity index (χ1n) is 8.85. The lowest BCUT2D eigenvalue weighted by molar-refractivity contribution is -0.138. The second-order valence-electron chi connectivity index (χ2n) is 6.81. The zero-order chi connectivity index (χ0) is 16.2. The van der Waals surface area contributed by atoms with Crippen LogP contribution in [0.4, 0.5) is 0 Å². The average Bonchev–Trinajstić information content (AvgIpc) is 3.02. The van der Waals surface area contributed by atoms with Gasteiger partial charge in [0.25, 0.3) is 0 Å². The van der Waals surface area contributed by atoms with Gasteiger partial charge in [0.15, 0.2) is 0 Å². The first kappa shape index (κ1) is 22.6. The Morgan fingerprint density at radius 2 is 2.00 bits per heavy atom. The van der Waals surface area contributed by atoms with E-state index in [0.717, 1.165) is 64.8 Å². The number of aryl methyl sites for hydroxylation is 1. The molecule has 2 fully saturated rings. The molecule has 1 aromatic rings. The Balaban J connectivity index is 0.00000156. The van der Waals surface area contributed by atoms with Gasteiger partial charge in [-0.15, -0.1) is 36.2 Å². The van der Waals surface area contributed by atoms with Crippen LogP contribution in [0.3, 0.4) is 0 Å². The fourth-order valence-electron chi connectivity index (χ4n) is 3.65. The summed E-state index contributed by atoms with van der Waals surface area (Å²) in [7, 11) is 0. The van der Waals surface area contributed by atoms with Gasteiger partial charge >= 0.3 is 0 Å².